The van der Waals surface area contributed by atoms with Crippen LogP contribution in [0.1, 0.15) is 34.6 Å². The fourth-order valence-electron chi connectivity index (χ4n) is 2.03. The van der Waals surface area contributed by atoms with Crippen LogP contribution in [0.4, 0.5) is 4.79 Å². The largest absolute Gasteiger partial charge is 0.444 e. The predicted molar refractivity (Wildman–Crippen MR) is 75.5 cm³/mol. The quantitative estimate of drug-likeness (QED) is 0.679. The van der Waals surface area contributed by atoms with Crippen LogP contribution in [0.2, 0.25) is 0 Å². The summed E-state index contributed by atoms with van der Waals surface area (Å²) in [7, 11) is 0. The van der Waals surface area contributed by atoms with Crippen molar-refractivity contribution in [1.29, 1.82) is 0 Å². The lowest BCUT2D eigenvalue weighted by atomic mass is 10.0. The highest BCUT2D eigenvalue weighted by atomic mass is 16.6. The van der Waals surface area contributed by atoms with Gasteiger partial charge in [-0.2, -0.15) is 0 Å². The molecule has 0 spiro atoms. The number of hydrogen-bond donors (Lipinski definition) is 0. The summed E-state index contributed by atoms with van der Waals surface area (Å²) < 4.78 is 5.37. The third kappa shape index (κ3) is 4.76. The van der Waals surface area contributed by atoms with Gasteiger partial charge in [-0.1, -0.05) is 11.8 Å². The van der Waals surface area contributed by atoms with Gasteiger partial charge < -0.3 is 9.64 Å². The lowest BCUT2D eigenvalue weighted by Gasteiger charge is -2.41. The molecule has 4 nitrogen and oxygen atoms in total. The Balaban J connectivity index is 2.53. The molecule has 0 atom stereocenters. The Morgan fingerprint density at radius 1 is 1.11 bits per heavy atom. The molecule has 0 aliphatic carbocycles. The van der Waals surface area contributed by atoms with E-state index in [1.54, 1.807) is 4.90 Å². The number of amides is 1. The summed E-state index contributed by atoms with van der Waals surface area (Å²) >= 11 is 0. The van der Waals surface area contributed by atoms with Crippen LogP contribution in [-0.2, 0) is 4.74 Å². The highest BCUT2D eigenvalue weighted by molar-refractivity contribution is 5.68. The van der Waals surface area contributed by atoms with Crippen LogP contribution in [0.15, 0.2) is 0 Å². The van der Waals surface area contributed by atoms with E-state index < -0.39 is 5.60 Å². The minimum absolute atomic E-state index is 0.241. The molecule has 1 amide bonds. The second-order valence-electron chi connectivity index (χ2n) is 6.28. The molecular weight excluding hydrogens is 240 g/mol. The highest BCUT2D eigenvalue weighted by Gasteiger charge is 2.31. The van der Waals surface area contributed by atoms with Crippen molar-refractivity contribution in [3.63, 3.8) is 0 Å². The molecule has 0 N–H and O–H groups in total. The van der Waals surface area contributed by atoms with Gasteiger partial charge in [-0.25, -0.2) is 4.79 Å². The first-order chi connectivity index (χ1) is 8.65. The Bertz CT molecular complexity index is 377. The van der Waals surface area contributed by atoms with Crippen molar-refractivity contribution in [3.05, 3.63) is 6.92 Å². The molecule has 1 rings (SSSR count). The molecule has 4 heteroatoms. The van der Waals surface area contributed by atoms with E-state index in [9.17, 15) is 4.79 Å². The summed E-state index contributed by atoms with van der Waals surface area (Å²) in [6.45, 7) is 17.9. The van der Waals surface area contributed by atoms with Gasteiger partial charge >= 0.3 is 6.09 Å². The van der Waals surface area contributed by atoms with Crippen LogP contribution in [-0.4, -0.2) is 53.2 Å². The van der Waals surface area contributed by atoms with E-state index in [1.165, 1.54) is 0 Å². The average Bonchev–Trinajstić information content (AvgIpc) is 2.27. The maximum Gasteiger partial charge on any atom is 0.410 e. The first-order valence-electron chi connectivity index (χ1n) is 6.61. The van der Waals surface area contributed by atoms with Gasteiger partial charge in [0.05, 0.1) is 12.5 Å². The molecule has 0 bridgehead atoms. The molecule has 1 aliphatic rings. The third-order valence-electron chi connectivity index (χ3n) is 3.10. The summed E-state index contributed by atoms with van der Waals surface area (Å²) in [5.74, 6) is 5.47. The fraction of sp³-hybridized carbons (Fsp3) is 0.733. The molecule has 0 unspecified atom stereocenters. The molecule has 2 radical (unpaired) electrons. The minimum atomic E-state index is -0.446. The van der Waals surface area contributed by atoms with E-state index in [-0.39, 0.29) is 11.6 Å². The zero-order chi connectivity index (χ0) is 14.7. The number of nitrogens with zero attached hydrogens (tertiary/aromatic N) is 2. The van der Waals surface area contributed by atoms with Crippen LogP contribution in [0.3, 0.4) is 0 Å². The topological polar surface area (TPSA) is 32.8 Å². The molecule has 1 heterocycles. The maximum atomic E-state index is 11.9. The number of carbonyl (C=O) groups is 1. The van der Waals surface area contributed by atoms with Gasteiger partial charge in [0.1, 0.15) is 5.60 Å². The van der Waals surface area contributed by atoms with E-state index in [0.717, 1.165) is 13.1 Å². The normalized spacial score (nSPS) is 17.7. The zero-order valence-electron chi connectivity index (χ0n) is 12.6. The van der Waals surface area contributed by atoms with Crippen LogP contribution in [0.5, 0.6) is 0 Å². The molecule has 19 heavy (non-hydrogen) atoms. The lowest BCUT2D eigenvalue weighted by Crippen LogP contribution is -2.55. The lowest BCUT2D eigenvalue weighted by molar-refractivity contribution is 0.00782. The van der Waals surface area contributed by atoms with Crippen LogP contribution < -0.4 is 0 Å². The minimum Gasteiger partial charge on any atom is -0.444 e. The molecule has 1 aliphatic heterocycles. The van der Waals surface area contributed by atoms with Crippen LogP contribution in [0.25, 0.3) is 0 Å². The van der Waals surface area contributed by atoms with Crippen molar-refractivity contribution in [3.8, 4) is 11.8 Å². The number of hydrogen-bond acceptors (Lipinski definition) is 3. The second kappa shape index (κ2) is 5.83. The Morgan fingerprint density at radius 2 is 1.63 bits per heavy atom. The fourth-order valence-corrected chi connectivity index (χ4v) is 2.03. The number of carbonyl (C=O) groups excluding carboxylic acids is 1. The smallest absolute Gasteiger partial charge is 0.410 e. The van der Waals surface area contributed by atoms with Crippen molar-refractivity contribution >= 4 is 6.09 Å². The van der Waals surface area contributed by atoms with Crippen LogP contribution in [0, 0.1) is 18.8 Å². The summed E-state index contributed by atoms with van der Waals surface area (Å²) in [5.41, 5.74) is -0.701. The first-order valence-corrected chi connectivity index (χ1v) is 6.61. The van der Waals surface area contributed by atoms with Crippen molar-refractivity contribution in [2.75, 3.05) is 26.2 Å². The monoisotopic (exact) mass is 264 g/mol. The Labute approximate surface area is 117 Å². The highest BCUT2D eigenvalue weighted by Crippen LogP contribution is 2.17. The van der Waals surface area contributed by atoms with Gasteiger partial charge in [0.2, 0.25) is 0 Å². The molecule has 106 valence electrons. The average molecular weight is 264 g/mol. The molecule has 1 fully saturated rings. The van der Waals surface area contributed by atoms with Crippen LogP contribution >= 0.6 is 0 Å². The van der Waals surface area contributed by atoms with E-state index in [2.05, 4.69) is 16.7 Å². The maximum absolute atomic E-state index is 11.9. The van der Waals surface area contributed by atoms with E-state index in [4.69, 9.17) is 11.7 Å². The Kier molecular flexibility index (Phi) is 4.86. The van der Waals surface area contributed by atoms with Gasteiger partial charge in [-0.15, -0.1) is 0 Å². The van der Waals surface area contributed by atoms with E-state index in [0.29, 0.717) is 13.1 Å². The predicted octanol–water partition coefficient (Wildman–Crippen LogP) is 2.03. The summed E-state index contributed by atoms with van der Waals surface area (Å²) in [5, 5.41) is 0. The SMILES string of the molecule is [CH]C#CC(C)(C)N1CCN(C(=O)OC(C)(C)C)CC1. The molecule has 0 aromatic carbocycles. The standard InChI is InChI=1S/C15H24N2O2/c1-7-8-15(5,6)17-11-9-16(10-12-17)13(18)19-14(2,3)4/h1H,9-12H2,2-6H3. The van der Waals surface area contributed by atoms with Gasteiger partial charge in [-0.3, -0.25) is 4.90 Å². The molecule has 0 aromatic rings. The molecule has 0 aromatic heterocycles. The van der Waals surface area contributed by atoms with E-state index >= 15 is 0 Å². The third-order valence-corrected chi connectivity index (χ3v) is 3.10. The van der Waals surface area contributed by atoms with Crippen molar-refractivity contribution in [1.82, 2.24) is 9.80 Å². The number of rotatable bonds is 1. The zero-order valence-corrected chi connectivity index (χ0v) is 12.6. The number of piperazine rings is 1. The van der Waals surface area contributed by atoms with Crippen molar-refractivity contribution in [2.24, 2.45) is 0 Å². The first kappa shape index (κ1) is 15.8. The van der Waals surface area contributed by atoms with Gasteiger partial charge in [0, 0.05) is 26.2 Å². The van der Waals surface area contributed by atoms with Gasteiger partial charge in [0.15, 0.2) is 0 Å². The molecule has 0 saturated carbocycles. The Hall–Kier alpha value is -1.21. The summed E-state index contributed by atoms with van der Waals surface area (Å²) in [6.07, 6.45) is -0.241. The van der Waals surface area contributed by atoms with Crippen molar-refractivity contribution in [2.45, 2.75) is 45.8 Å². The van der Waals surface area contributed by atoms with E-state index in [1.807, 2.05) is 34.6 Å². The Morgan fingerprint density at radius 3 is 2.05 bits per heavy atom. The number of ether oxygens (including phenoxy) is 1. The summed E-state index contributed by atoms with van der Waals surface area (Å²) in [6, 6.07) is 0. The second-order valence-corrected chi connectivity index (χ2v) is 6.28. The van der Waals surface area contributed by atoms with Gasteiger partial charge in [0.25, 0.3) is 0 Å². The van der Waals surface area contributed by atoms with Gasteiger partial charge in [-0.05, 0) is 34.6 Å². The van der Waals surface area contributed by atoms with Crippen molar-refractivity contribution < 1.29 is 9.53 Å². The molecular formula is C15H24N2O2. The molecule has 1 saturated heterocycles. The summed E-state index contributed by atoms with van der Waals surface area (Å²) in [4.78, 5) is 15.9.